The molecule has 1 aromatic rings. The fourth-order valence-electron chi connectivity index (χ4n) is 1.14. The van der Waals surface area contributed by atoms with Crippen LogP contribution < -0.4 is 17.0 Å². The fourth-order valence-corrected chi connectivity index (χ4v) is 1.14. The molecule has 1 rings (SSSR count). The first kappa shape index (κ1) is 17.3. The normalized spacial score (nSPS) is 9.07. The minimum Gasteiger partial charge on any atom is -1.00 e. The summed E-state index contributed by atoms with van der Waals surface area (Å²) < 4.78 is 0. The molecule has 78 valence electrons. The predicted octanol–water partition coefficient (Wildman–Crippen LogP) is -0.550. The monoisotopic (exact) mass is 281 g/mol. The molecule has 0 fully saturated rings. The number of nitrogens with zero attached hydrogens (tertiary/aromatic N) is 1. The van der Waals surface area contributed by atoms with E-state index in [1.807, 2.05) is 20.8 Å². The first-order valence-corrected chi connectivity index (χ1v) is 4.19. The molecular weight excluding hydrogens is 270 g/mol. The van der Waals surface area contributed by atoms with Gasteiger partial charge in [0.25, 0.3) is 0 Å². The molecule has 0 unspecified atom stereocenters. The van der Waals surface area contributed by atoms with Gasteiger partial charge in [-0.3, -0.25) is 10.1 Å². The van der Waals surface area contributed by atoms with Crippen molar-refractivity contribution in [3.05, 3.63) is 39.4 Å². The first-order chi connectivity index (χ1) is 6.00. The molecule has 0 amide bonds. The van der Waals surface area contributed by atoms with Gasteiger partial charge in [-0.1, -0.05) is 32.9 Å². The van der Waals surface area contributed by atoms with Crippen molar-refractivity contribution in [2.45, 2.75) is 26.7 Å². The van der Waals surface area contributed by atoms with E-state index in [9.17, 15) is 10.1 Å². The van der Waals surface area contributed by atoms with Gasteiger partial charge in [-0.05, 0) is 5.92 Å². The molecule has 0 saturated heterocycles. The Morgan fingerprint density at radius 2 is 1.93 bits per heavy atom. The number of rotatable bonds is 2. The molecule has 0 saturated carbocycles. The Labute approximate surface area is 116 Å². The standard InChI is InChI=1S/C10H12NO2.BrH.Mg/c1-7(2)9-4-8(3)5-10(6-9)11(12)13;;/h5-7H,1-3H3;1H;/q-1;;+2/p-1. The number of nitro benzene ring substituents is 1. The zero-order valence-corrected chi connectivity index (χ0v) is 12.1. The van der Waals surface area contributed by atoms with E-state index in [2.05, 4.69) is 6.07 Å². The van der Waals surface area contributed by atoms with Crippen molar-refractivity contribution in [1.82, 2.24) is 0 Å². The van der Waals surface area contributed by atoms with Crippen LogP contribution in [-0.4, -0.2) is 28.0 Å². The van der Waals surface area contributed by atoms with Crippen LogP contribution in [0, 0.1) is 23.1 Å². The van der Waals surface area contributed by atoms with E-state index in [-0.39, 0.29) is 56.6 Å². The summed E-state index contributed by atoms with van der Waals surface area (Å²) in [7, 11) is 0. The number of benzene rings is 1. The number of hydrogen-bond acceptors (Lipinski definition) is 2. The maximum atomic E-state index is 10.5. The van der Waals surface area contributed by atoms with Crippen LogP contribution in [-0.2, 0) is 0 Å². The molecule has 0 aliphatic rings. The van der Waals surface area contributed by atoms with Crippen LogP contribution in [0.2, 0.25) is 0 Å². The van der Waals surface area contributed by atoms with Gasteiger partial charge in [-0.15, -0.1) is 0 Å². The predicted molar refractivity (Wildman–Crippen MR) is 56.5 cm³/mol. The third-order valence-corrected chi connectivity index (χ3v) is 1.84. The van der Waals surface area contributed by atoms with Gasteiger partial charge in [0, 0.05) is 4.92 Å². The topological polar surface area (TPSA) is 43.1 Å². The van der Waals surface area contributed by atoms with Crippen molar-refractivity contribution in [3.8, 4) is 0 Å². The molecule has 0 atom stereocenters. The first-order valence-electron chi connectivity index (χ1n) is 4.19. The van der Waals surface area contributed by atoms with Gasteiger partial charge in [0.15, 0.2) is 5.69 Å². The molecule has 3 nitrogen and oxygen atoms in total. The number of hydrogen-bond donors (Lipinski definition) is 0. The van der Waals surface area contributed by atoms with Gasteiger partial charge in [0.1, 0.15) is 0 Å². The van der Waals surface area contributed by atoms with Crippen LogP contribution in [0.3, 0.4) is 0 Å². The summed E-state index contributed by atoms with van der Waals surface area (Å²) in [5.74, 6) is 0.276. The summed E-state index contributed by atoms with van der Waals surface area (Å²) in [5.41, 5.74) is 1.87. The van der Waals surface area contributed by atoms with Gasteiger partial charge in [-0.2, -0.15) is 17.2 Å². The van der Waals surface area contributed by atoms with E-state index in [0.29, 0.717) is 0 Å². The SMILES string of the molecule is Cc1[c-]c(C(C)C)cc([N+](=O)[O-])c1.[Br-].[Mg+2]. The Hall–Kier alpha value is -0.134. The molecule has 0 N–H and O–H groups in total. The molecule has 0 spiro atoms. The van der Waals surface area contributed by atoms with Crippen molar-refractivity contribution in [1.29, 1.82) is 0 Å². The Bertz CT molecular complexity index is 342. The molecule has 0 aromatic heterocycles. The zero-order valence-electron chi connectivity index (χ0n) is 9.08. The zero-order chi connectivity index (χ0) is 10.0. The van der Waals surface area contributed by atoms with E-state index in [1.54, 1.807) is 6.07 Å². The average molecular weight is 282 g/mol. The molecule has 1 aromatic carbocycles. The molecule has 5 heteroatoms. The van der Waals surface area contributed by atoms with E-state index < -0.39 is 0 Å². The summed E-state index contributed by atoms with van der Waals surface area (Å²) in [6, 6.07) is 6.21. The summed E-state index contributed by atoms with van der Waals surface area (Å²) in [5, 5.41) is 10.5. The second-order valence-corrected chi connectivity index (χ2v) is 3.39. The summed E-state index contributed by atoms with van der Waals surface area (Å²) in [4.78, 5) is 10.2. The van der Waals surface area contributed by atoms with Gasteiger partial charge in [0.05, 0.1) is 0 Å². The van der Waals surface area contributed by atoms with E-state index >= 15 is 0 Å². The number of aryl methyl sites for hydroxylation is 1. The number of halogens is 1. The maximum absolute atomic E-state index is 10.5. The molecule has 0 aliphatic carbocycles. The van der Waals surface area contributed by atoms with Crippen LogP contribution in [0.5, 0.6) is 0 Å². The molecule has 0 aliphatic heterocycles. The second-order valence-electron chi connectivity index (χ2n) is 3.39. The number of non-ortho nitro benzene ring substituents is 1. The summed E-state index contributed by atoms with van der Waals surface area (Å²) in [6.45, 7) is 5.81. The Morgan fingerprint density at radius 3 is 2.33 bits per heavy atom. The van der Waals surface area contributed by atoms with Gasteiger partial charge in [0.2, 0.25) is 0 Å². The Balaban J connectivity index is 0. The third-order valence-electron chi connectivity index (χ3n) is 1.84. The third kappa shape index (κ3) is 4.95. The van der Waals surface area contributed by atoms with Gasteiger partial charge >= 0.3 is 23.1 Å². The molecular formula is C10H12BrMgNO2. The fraction of sp³-hybridized carbons (Fsp3) is 0.400. The van der Waals surface area contributed by atoms with Crippen LogP contribution in [0.15, 0.2) is 12.1 Å². The van der Waals surface area contributed by atoms with Crippen molar-refractivity contribution >= 4 is 28.7 Å². The van der Waals surface area contributed by atoms with Crippen LogP contribution in [0.25, 0.3) is 0 Å². The van der Waals surface area contributed by atoms with Gasteiger partial charge < -0.3 is 17.0 Å². The van der Waals surface area contributed by atoms with Crippen molar-refractivity contribution in [2.75, 3.05) is 0 Å². The molecule has 0 radical (unpaired) electrons. The number of nitro groups is 1. The van der Waals surface area contributed by atoms with E-state index in [4.69, 9.17) is 0 Å². The molecule has 15 heavy (non-hydrogen) atoms. The summed E-state index contributed by atoms with van der Waals surface area (Å²) in [6.07, 6.45) is 0. The van der Waals surface area contributed by atoms with Crippen LogP contribution >= 0.6 is 0 Å². The average Bonchev–Trinajstić information content (AvgIpc) is 2.03. The minimum atomic E-state index is -0.368. The minimum absolute atomic E-state index is 0. The van der Waals surface area contributed by atoms with Crippen LogP contribution in [0.4, 0.5) is 5.69 Å². The Morgan fingerprint density at radius 1 is 1.40 bits per heavy atom. The van der Waals surface area contributed by atoms with Crippen molar-refractivity contribution in [3.63, 3.8) is 0 Å². The van der Waals surface area contributed by atoms with E-state index in [1.165, 1.54) is 6.07 Å². The van der Waals surface area contributed by atoms with Gasteiger partial charge in [-0.25, -0.2) is 0 Å². The Kier molecular flexibility index (Phi) is 8.28. The van der Waals surface area contributed by atoms with Crippen LogP contribution in [0.1, 0.15) is 30.9 Å². The quantitative estimate of drug-likeness (QED) is 0.316. The summed E-state index contributed by atoms with van der Waals surface area (Å²) >= 11 is 0. The van der Waals surface area contributed by atoms with E-state index in [0.717, 1.165) is 11.1 Å². The second kappa shape index (κ2) is 7.19. The maximum Gasteiger partial charge on any atom is 2.00 e. The largest absolute Gasteiger partial charge is 2.00 e. The van der Waals surface area contributed by atoms with Crippen molar-refractivity contribution in [2.24, 2.45) is 0 Å². The molecule has 0 bridgehead atoms. The van der Waals surface area contributed by atoms with Crippen molar-refractivity contribution < 1.29 is 21.9 Å². The smallest absolute Gasteiger partial charge is 1.00 e. The molecule has 0 heterocycles.